The summed E-state index contributed by atoms with van der Waals surface area (Å²) in [6, 6.07) is 8.47. The lowest BCUT2D eigenvalue weighted by Crippen LogP contribution is -2.63. The van der Waals surface area contributed by atoms with Gasteiger partial charge >= 0.3 is 5.97 Å². The van der Waals surface area contributed by atoms with Gasteiger partial charge in [-0.15, -0.1) is 0 Å². The van der Waals surface area contributed by atoms with Crippen molar-refractivity contribution in [2.45, 2.75) is 31.4 Å². The molecule has 2 amide bonds. The minimum atomic E-state index is -2.71. The van der Waals surface area contributed by atoms with Crippen molar-refractivity contribution in [3.05, 3.63) is 70.2 Å². The number of benzene rings is 2. The molecule has 4 atom stereocenters. The maximum Gasteiger partial charge on any atom is 0.303 e. The lowest BCUT2D eigenvalue weighted by Gasteiger charge is -2.50. The Labute approximate surface area is 251 Å². The number of nitrogens with zero attached hydrogens (tertiary/aromatic N) is 1. The van der Waals surface area contributed by atoms with E-state index in [4.69, 9.17) is 5.73 Å². The summed E-state index contributed by atoms with van der Waals surface area (Å²) in [5, 5.41) is 47.4. The van der Waals surface area contributed by atoms with Crippen molar-refractivity contribution in [2.24, 2.45) is 17.6 Å². The zero-order valence-corrected chi connectivity index (χ0v) is 24.1. The first kappa shape index (κ1) is 30.4. The second kappa shape index (κ2) is 10.9. The molecular weight excluding hydrogens is 574 g/mol. The average Bonchev–Trinajstić information content (AvgIpc) is 2.94. The molecule has 230 valence electrons. The quantitative estimate of drug-likeness (QED) is 0.204. The van der Waals surface area contributed by atoms with Gasteiger partial charge in [0.15, 0.2) is 18.0 Å². The standard InChI is InChI=1S/C31H31N3O10/c1-13(35)44-12-21(37)33-16-6-4-14(5-7-16)17-8-9-20(36)23-18(17)10-15-11-19-25(34(2)3)27(39)24(30(32)42)29(41)31(19,43)28(40)22(15)26(23)38/h4-9,15,19,25,36,39-40,43H,10-12H2,1-3H3,(H2,32,42)(H,33,37)/t15-,19+,25-,31?/m1/s1. The van der Waals surface area contributed by atoms with E-state index in [0.717, 1.165) is 0 Å². The van der Waals surface area contributed by atoms with Gasteiger partial charge in [-0.1, -0.05) is 18.2 Å². The van der Waals surface area contributed by atoms with Gasteiger partial charge in [0.2, 0.25) is 5.78 Å². The highest BCUT2D eigenvalue weighted by Crippen LogP contribution is 2.53. The third-order valence-corrected chi connectivity index (χ3v) is 8.49. The number of ether oxygens (including phenoxy) is 1. The van der Waals surface area contributed by atoms with Gasteiger partial charge in [-0.05, 0) is 67.7 Å². The molecule has 13 heteroatoms. The first-order chi connectivity index (χ1) is 20.7. The number of ketones is 2. The lowest BCUT2D eigenvalue weighted by atomic mass is 9.58. The van der Waals surface area contributed by atoms with Gasteiger partial charge in [0.25, 0.3) is 11.8 Å². The zero-order chi connectivity index (χ0) is 32.2. The van der Waals surface area contributed by atoms with E-state index >= 15 is 0 Å². The third-order valence-electron chi connectivity index (χ3n) is 8.49. The molecule has 2 aromatic carbocycles. The number of hydrogen-bond donors (Lipinski definition) is 6. The van der Waals surface area contributed by atoms with E-state index in [1.54, 1.807) is 44.4 Å². The number of Topliss-reactive ketones (excluding diaryl/α,β-unsaturated/α-hetero) is 2. The summed E-state index contributed by atoms with van der Waals surface area (Å²) in [7, 11) is 3.12. The van der Waals surface area contributed by atoms with Crippen LogP contribution in [0.3, 0.4) is 0 Å². The van der Waals surface area contributed by atoms with Crippen LogP contribution in [0, 0.1) is 11.8 Å². The number of carbonyl (C=O) groups excluding carboxylic acids is 5. The highest BCUT2D eigenvalue weighted by atomic mass is 16.5. The molecule has 44 heavy (non-hydrogen) atoms. The Morgan fingerprint density at radius 2 is 1.73 bits per heavy atom. The number of aromatic hydroxyl groups is 1. The Morgan fingerprint density at radius 1 is 1.07 bits per heavy atom. The fourth-order valence-electron chi connectivity index (χ4n) is 6.62. The van der Waals surface area contributed by atoms with Gasteiger partial charge in [0.1, 0.15) is 22.8 Å². The van der Waals surface area contributed by atoms with Gasteiger partial charge in [-0.3, -0.25) is 28.9 Å². The van der Waals surface area contributed by atoms with E-state index < -0.39 is 76.5 Å². The first-order valence-corrected chi connectivity index (χ1v) is 13.7. The molecule has 0 saturated carbocycles. The summed E-state index contributed by atoms with van der Waals surface area (Å²) < 4.78 is 4.69. The number of primary amides is 1. The Bertz CT molecular complexity index is 1690. The lowest BCUT2D eigenvalue weighted by molar-refractivity contribution is -0.148. The largest absolute Gasteiger partial charge is 0.510 e. The Balaban J connectivity index is 1.56. The molecule has 0 heterocycles. The number of hydrogen-bond acceptors (Lipinski definition) is 11. The molecule has 2 aromatic rings. The molecule has 0 bridgehead atoms. The average molecular weight is 606 g/mol. The predicted octanol–water partition coefficient (Wildman–Crippen LogP) is 1.29. The second-order valence-corrected chi connectivity index (χ2v) is 11.4. The normalized spacial score (nSPS) is 24.4. The fraction of sp³-hybridized carbons (Fsp3) is 0.323. The summed E-state index contributed by atoms with van der Waals surface area (Å²) in [6.07, 6.45) is 0.0906. The van der Waals surface area contributed by atoms with E-state index in [9.17, 15) is 44.4 Å². The molecule has 3 aliphatic carbocycles. The van der Waals surface area contributed by atoms with E-state index in [1.165, 1.54) is 17.9 Å². The summed E-state index contributed by atoms with van der Waals surface area (Å²) in [5.41, 5.74) is 3.55. The molecule has 0 saturated heterocycles. The van der Waals surface area contributed by atoms with E-state index in [0.29, 0.717) is 22.4 Å². The number of nitrogens with two attached hydrogens (primary N) is 1. The summed E-state index contributed by atoms with van der Waals surface area (Å²) in [6.45, 7) is 0.747. The number of rotatable bonds is 6. The fourth-order valence-corrected chi connectivity index (χ4v) is 6.62. The zero-order valence-electron chi connectivity index (χ0n) is 24.1. The first-order valence-electron chi connectivity index (χ1n) is 13.7. The number of aliphatic hydroxyl groups excluding tert-OH is 2. The van der Waals surface area contributed by atoms with Crippen LogP contribution in [0.1, 0.15) is 29.3 Å². The molecule has 0 radical (unpaired) electrons. The monoisotopic (exact) mass is 605 g/mol. The van der Waals surface area contributed by atoms with Crippen molar-refractivity contribution in [1.29, 1.82) is 0 Å². The van der Waals surface area contributed by atoms with Crippen molar-refractivity contribution in [2.75, 3.05) is 26.0 Å². The van der Waals surface area contributed by atoms with Crippen LogP contribution in [0.25, 0.3) is 11.1 Å². The number of allylic oxidation sites excluding steroid dienone is 1. The van der Waals surface area contributed by atoms with Crippen molar-refractivity contribution >= 4 is 35.0 Å². The number of amides is 2. The van der Waals surface area contributed by atoms with Crippen molar-refractivity contribution in [3.63, 3.8) is 0 Å². The van der Waals surface area contributed by atoms with Crippen LogP contribution in [0.5, 0.6) is 5.75 Å². The molecule has 0 aromatic heterocycles. The molecular formula is C31H31N3O10. The molecule has 0 spiro atoms. The molecule has 1 unspecified atom stereocenters. The number of anilines is 1. The number of phenols is 1. The predicted molar refractivity (Wildman–Crippen MR) is 154 cm³/mol. The van der Waals surface area contributed by atoms with Crippen LogP contribution in [0.15, 0.2) is 59.1 Å². The van der Waals surface area contributed by atoms with Gasteiger partial charge in [-0.2, -0.15) is 0 Å². The molecule has 5 rings (SSSR count). The van der Waals surface area contributed by atoms with Crippen LogP contribution < -0.4 is 11.1 Å². The molecule has 0 fully saturated rings. The van der Waals surface area contributed by atoms with E-state index in [1.807, 2.05) is 0 Å². The number of phenolic OH excluding ortho intramolecular Hbond substituents is 1. The molecule has 0 aliphatic heterocycles. The third kappa shape index (κ3) is 4.70. The second-order valence-electron chi connectivity index (χ2n) is 11.4. The Kier molecular flexibility index (Phi) is 7.56. The van der Waals surface area contributed by atoms with Crippen molar-refractivity contribution < 1.29 is 49.1 Å². The minimum Gasteiger partial charge on any atom is -0.510 e. The summed E-state index contributed by atoms with van der Waals surface area (Å²) in [4.78, 5) is 63.9. The van der Waals surface area contributed by atoms with Crippen LogP contribution in [-0.2, 0) is 30.3 Å². The summed E-state index contributed by atoms with van der Waals surface area (Å²) in [5.74, 6) is -8.30. The highest BCUT2D eigenvalue weighted by Gasteiger charge is 2.63. The van der Waals surface area contributed by atoms with Gasteiger partial charge in [-0.25, -0.2) is 0 Å². The Morgan fingerprint density at radius 3 is 2.32 bits per heavy atom. The SMILES string of the molecule is CC(=O)OCC(=O)Nc1ccc(-c2ccc(O)c3c2C[C@@H]2C[C@H]4[C@@H](N(C)C)C(O)=C(C(N)=O)C(=O)C4(O)C(O)=C2C3=O)cc1. The smallest absolute Gasteiger partial charge is 0.303 e. The maximum atomic E-state index is 13.9. The van der Waals surface area contributed by atoms with Crippen LogP contribution in [-0.4, -0.2) is 87.0 Å². The number of fused-ring (bicyclic) bond motifs is 3. The molecule has 7 N–H and O–H groups in total. The molecule has 3 aliphatic rings. The van der Waals surface area contributed by atoms with Crippen molar-refractivity contribution in [1.82, 2.24) is 4.90 Å². The van der Waals surface area contributed by atoms with Crippen LogP contribution in [0.2, 0.25) is 0 Å². The topological polar surface area (TPSA) is 217 Å². The number of aliphatic hydroxyl groups is 3. The van der Waals surface area contributed by atoms with Gasteiger partial charge in [0.05, 0.1) is 11.6 Å². The number of nitrogens with one attached hydrogen (secondary N) is 1. The van der Waals surface area contributed by atoms with E-state index in [2.05, 4.69) is 10.1 Å². The number of carbonyl (C=O) groups is 5. The van der Waals surface area contributed by atoms with Crippen LogP contribution >= 0.6 is 0 Å². The van der Waals surface area contributed by atoms with Gasteiger partial charge in [0, 0.05) is 24.1 Å². The number of esters is 1. The van der Waals surface area contributed by atoms with E-state index in [-0.39, 0.29) is 29.7 Å². The molecule has 13 nitrogen and oxygen atoms in total. The summed E-state index contributed by atoms with van der Waals surface area (Å²) >= 11 is 0. The maximum absolute atomic E-state index is 13.9. The Hall–Kier alpha value is -5.01. The number of likely N-dealkylation sites (N-methyl/N-ethyl adjacent to an activating group) is 1. The van der Waals surface area contributed by atoms with Crippen LogP contribution in [0.4, 0.5) is 5.69 Å². The van der Waals surface area contributed by atoms with Gasteiger partial charge < -0.3 is 36.2 Å². The minimum absolute atomic E-state index is 0.0336. The van der Waals surface area contributed by atoms with Crippen molar-refractivity contribution in [3.8, 4) is 16.9 Å². The highest BCUT2D eigenvalue weighted by molar-refractivity contribution is 6.25.